The predicted octanol–water partition coefficient (Wildman–Crippen LogP) is 4.00. The molecule has 0 spiro atoms. The van der Waals surface area contributed by atoms with Crippen LogP contribution in [0.1, 0.15) is 43.5 Å². The molecular formula is C24H31N3O4S. The van der Waals surface area contributed by atoms with E-state index < -0.39 is 16.2 Å². The van der Waals surface area contributed by atoms with E-state index in [1.165, 1.54) is 4.31 Å². The summed E-state index contributed by atoms with van der Waals surface area (Å²) in [4.78, 5) is 17.4. The van der Waals surface area contributed by atoms with Crippen LogP contribution in [0.2, 0.25) is 0 Å². The standard InChI is InChI=1S/C24H31N3O4S/c1-18-7-13-22(14-8-18)32(29,30)26-17-19(2)27(24(28)25-15-5-4-6-16-25)23(26)20-9-11-21(31-3)12-10-20/h7-14,19,23H,4-6,15-17H2,1-3H3. The van der Waals surface area contributed by atoms with Crippen LogP contribution >= 0.6 is 0 Å². The fourth-order valence-electron chi connectivity index (χ4n) is 4.55. The van der Waals surface area contributed by atoms with Crippen molar-refractivity contribution in [2.45, 2.75) is 50.2 Å². The molecule has 2 unspecified atom stereocenters. The second kappa shape index (κ2) is 9.11. The Balaban J connectivity index is 1.76. The molecule has 2 heterocycles. The number of carbonyl (C=O) groups excluding carboxylic acids is 1. The largest absolute Gasteiger partial charge is 0.497 e. The minimum absolute atomic E-state index is 0.0976. The summed E-state index contributed by atoms with van der Waals surface area (Å²) in [6.45, 7) is 5.51. The van der Waals surface area contributed by atoms with E-state index in [1.54, 1.807) is 48.4 Å². The smallest absolute Gasteiger partial charge is 0.321 e. The third kappa shape index (κ3) is 4.21. The summed E-state index contributed by atoms with van der Waals surface area (Å²) in [5.41, 5.74) is 1.74. The zero-order valence-corrected chi connectivity index (χ0v) is 19.7. The van der Waals surface area contributed by atoms with Gasteiger partial charge in [0.1, 0.15) is 11.9 Å². The molecule has 0 aromatic heterocycles. The second-order valence-corrected chi connectivity index (χ2v) is 10.5. The van der Waals surface area contributed by atoms with Gasteiger partial charge in [-0.25, -0.2) is 13.2 Å². The summed E-state index contributed by atoms with van der Waals surface area (Å²) in [5, 5.41) is 0. The molecule has 2 aliphatic heterocycles. The molecule has 2 fully saturated rings. The van der Waals surface area contributed by atoms with E-state index in [0.717, 1.165) is 30.4 Å². The molecule has 0 aliphatic carbocycles. The molecule has 2 saturated heterocycles. The molecule has 32 heavy (non-hydrogen) atoms. The first-order valence-corrected chi connectivity index (χ1v) is 12.6. The van der Waals surface area contributed by atoms with Gasteiger partial charge in [0, 0.05) is 25.7 Å². The maximum Gasteiger partial charge on any atom is 0.321 e. The lowest BCUT2D eigenvalue weighted by atomic mass is 10.1. The molecule has 2 aromatic rings. The third-order valence-electron chi connectivity index (χ3n) is 6.34. The highest BCUT2D eigenvalue weighted by Crippen LogP contribution is 2.39. The van der Waals surface area contributed by atoms with Crippen molar-refractivity contribution in [3.05, 3.63) is 59.7 Å². The van der Waals surface area contributed by atoms with E-state index >= 15 is 0 Å². The predicted molar refractivity (Wildman–Crippen MR) is 123 cm³/mol. The number of amides is 2. The number of rotatable bonds is 4. The van der Waals surface area contributed by atoms with Crippen molar-refractivity contribution in [2.75, 3.05) is 26.7 Å². The Morgan fingerprint density at radius 2 is 1.59 bits per heavy atom. The third-order valence-corrected chi connectivity index (χ3v) is 8.18. The van der Waals surface area contributed by atoms with Crippen LogP contribution in [0.3, 0.4) is 0 Å². The minimum Gasteiger partial charge on any atom is -0.497 e. The number of ether oxygens (including phenoxy) is 1. The van der Waals surface area contributed by atoms with Gasteiger partial charge in [-0.1, -0.05) is 29.8 Å². The first-order chi connectivity index (χ1) is 15.3. The lowest BCUT2D eigenvalue weighted by Gasteiger charge is -2.37. The zero-order valence-electron chi connectivity index (χ0n) is 18.9. The summed E-state index contributed by atoms with van der Waals surface area (Å²) in [6, 6.07) is 13.8. The Kier molecular flexibility index (Phi) is 6.44. The van der Waals surface area contributed by atoms with E-state index in [0.29, 0.717) is 18.8 Å². The number of sulfonamides is 1. The van der Waals surface area contributed by atoms with E-state index in [4.69, 9.17) is 4.74 Å². The normalized spacial score (nSPS) is 22.2. The van der Waals surface area contributed by atoms with E-state index in [9.17, 15) is 13.2 Å². The number of hydrogen-bond donors (Lipinski definition) is 0. The van der Waals surface area contributed by atoms with Crippen LogP contribution in [0.15, 0.2) is 53.4 Å². The van der Waals surface area contributed by atoms with Gasteiger partial charge in [0.25, 0.3) is 0 Å². The molecule has 172 valence electrons. The Hall–Kier alpha value is -2.58. The number of methoxy groups -OCH3 is 1. The number of carbonyl (C=O) groups is 1. The van der Waals surface area contributed by atoms with Gasteiger partial charge >= 0.3 is 6.03 Å². The first-order valence-electron chi connectivity index (χ1n) is 11.1. The number of hydrogen-bond acceptors (Lipinski definition) is 4. The Labute approximate surface area is 190 Å². The number of piperidine rings is 1. The van der Waals surface area contributed by atoms with Crippen molar-refractivity contribution in [1.82, 2.24) is 14.1 Å². The topological polar surface area (TPSA) is 70.2 Å². The Morgan fingerprint density at radius 3 is 2.19 bits per heavy atom. The Morgan fingerprint density at radius 1 is 0.969 bits per heavy atom. The lowest BCUT2D eigenvalue weighted by molar-refractivity contribution is 0.116. The van der Waals surface area contributed by atoms with Crippen molar-refractivity contribution in [1.29, 1.82) is 0 Å². The van der Waals surface area contributed by atoms with Gasteiger partial charge in [-0.2, -0.15) is 4.31 Å². The number of benzene rings is 2. The molecule has 7 nitrogen and oxygen atoms in total. The first kappa shape index (κ1) is 22.6. The molecule has 0 bridgehead atoms. The maximum absolute atomic E-state index is 13.7. The van der Waals surface area contributed by atoms with Crippen LogP contribution < -0.4 is 4.74 Å². The zero-order chi connectivity index (χ0) is 22.9. The fraction of sp³-hybridized carbons (Fsp3) is 0.458. The van der Waals surface area contributed by atoms with Gasteiger partial charge in [-0.3, -0.25) is 4.90 Å². The van der Waals surface area contributed by atoms with Crippen molar-refractivity contribution in [3.8, 4) is 5.75 Å². The number of nitrogens with zero attached hydrogens (tertiary/aromatic N) is 3. The molecule has 2 amide bonds. The number of urea groups is 1. The van der Waals surface area contributed by atoms with Crippen LogP contribution in [-0.2, 0) is 10.0 Å². The van der Waals surface area contributed by atoms with Gasteiger partial charge in [-0.05, 0) is 62.9 Å². The molecule has 2 aromatic carbocycles. The van der Waals surface area contributed by atoms with Crippen LogP contribution in [0, 0.1) is 6.92 Å². The molecule has 8 heteroatoms. The van der Waals surface area contributed by atoms with Gasteiger partial charge in [0.15, 0.2) is 0 Å². The summed E-state index contributed by atoms with van der Waals surface area (Å²) in [7, 11) is -2.22. The SMILES string of the molecule is COc1ccc(C2N(C(=O)N3CCCCC3)C(C)CN2S(=O)(=O)c2ccc(C)cc2)cc1. The van der Waals surface area contributed by atoms with E-state index in [2.05, 4.69) is 0 Å². The average Bonchev–Trinajstić information content (AvgIpc) is 3.17. The van der Waals surface area contributed by atoms with Crippen LogP contribution in [0.4, 0.5) is 4.79 Å². The second-order valence-electron chi connectivity index (χ2n) is 8.62. The van der Waals surface area contributed by atoms with Crippen molar-refractivity contribution in [2.24, 2.45) is 0 Å². The van der Waals surface area contributed by atoms with Gasteiger partial charge in [0.05, 0.1) is 12.0 Å². The lowest BCUT2D eigenvalue weighted by Crippen LogP contribution is -2.48. The maximum atomic E-state index is 13.7. The Bertz CT molecular complexity index is 1050. The molecular weight excluding hydrogens is 426 g/mol. The van der Waals surface area contributed by atoms with Crippen molar-refractivity contribution in [3.63, 3.8) is 0 Å². The molecule has 0 N–H and O–H groups in total. The molecule has 2 atom stereocenters. The fourth-order valence-corrected chi connectivity index (χ4v) is 6.20. The van der Waals surface area contributed by atoms with Crippen LogP contribution in [0.5, 0.6) is 5.75 Å². The highest BCUT2D eigenvalue weighted by atomic mass is 32.2. The summed E-state index contributed by atoms with van der Waals surface area (Å²) in [6.07, 6.45) is 2.37. The van der Waals surface area contributed by atoms with Crippen LogP contribution in [0.25, 0.3) is 0 Å². The van der Waals surface area contributed by atoms with Crippen LogP contribution in [-0.4, -0.2) is 61.3 Å². The monoisotopic (exact) mass is 457 g/mol. The van der Waals surface area contributed by atoms with Crippen molar-refractivity contribution < 1.29 is 17.9 Å². The van der Waals surface area contributed by atoms with E-state index in [1.807, 2.05) is 30.9 Å². The van der Waals surface area contributed by atoms with Crippen molar-refractivity contribution >= 4 is 16.1 Å². The summed E-state index contributed by atoms with van der Waals surface area (Å²) < 4.78 is 34.1. The quantitative estimate of drug-likeness (QED) is 0.696. The highest BCUT2D eigenvalue weighted by molar-refractivity contribution is 7.89. The molecule has 2 aliphatic rings. The minimum atomic E-state index is -3.81. The molecule has 0 radical (unpaired) electrons. The van der Waals surface area contributed by atoms with Gasteiger partial charge in [-0.15, -0.1) is 0 Å². The number of aryl methyl sites for hydroxylation is 1. The highest BCUT2D eigenvalue weighted by Gasteiger charge is 2.48. The summed E-state index contributed by atoms with van der Waals surface area (Å²) in [5.74, 6) is 0.682. The van der Waals surface area contributed by atoms with E-state index in [-0.39, 0.29) is 23.5 Å². The summed E-state index contributed by atoms with van der Waals surface area (Å²) >= 11 is 0. The van der Waals surface area contributed by atoms with Gasteiger partial charge in [0.2, 0.25) is 10.0 Å². The van der Waals surface area contributed by atoms with Gasteiger partial charge < -0.3 is 9.64 Å². The number of likely N-dealkylation sites (tertiary alicyclic amines) is 1. The molecule has 4 rings (SSSR count). The molecule has 0 saturated carbocycles. The average molecular weight is 458 g/mol.